The van der Waals surface area contributed by atoms with E-state index in [9.17, 15) is 9.18 Å². The lowest BCUT2D eigenvalue weighted by molar-refractivity contribution is 0.0943. The molecule has 1 amide bonds. The normalized spacial score (nSPS) is 18.0. The average Bonchev–Trinajstić information content (AvgIpc) is 2.46. The minimum atomic E-state index is -0.457. The van der Waals surface area contributed by atoms with E-state index in [4.69, 9.17) is 0 Å². The zero-order valence-electron chi connectivity index (χ0n) is 11.2. The fourth-order valence-electron chi connectivity index (χ4n) is 2.63. The minimum absolute atomic E-state index is 0.134. The molecule has 0 unspecified atom stereocenters. The summed E-state index contributed by atoms with van der Waals surface area (Å²) < 4.78 is 13.7. The van der Waals surface area contributed by atoms with Gasteiger partial charge in [0.25, 0.3) is 5.91 Å². The second kappa shape index (κ2) is 6.42. The van der Waals surface area contributed by atoms with Gasteiger partial charge in [-0.15, -0.1) is 0 Å². The lowest BCUT2D eigenvalue weighted by atomic mass is 9.88. The molecule has 1 aliphatic carbocycles. The molecule has 1 saturated carbocycles. The summed E-state index contributed by atoms with van der Waals surface area (Å²) in [6.45, 7) is 0.626. The van der Waals surface area contributed by atoms with Crippen molar-refractivity contribution in [1.82, 2.24) is 5.32 Å². The Morgan fingerprint density at radius 3 is 2.63 bits per heavy atom. The Hall–Kier alpha value is -1.03. The van der Waals surface area contributed by atoms with Crippen molar-refractivity contribution in [3.63, 3.8) is 0 Å². The van der Waals surface area contributed by atoms with Gasteiger partial charge in [-0.25, -0.2) is 4.39 Å². The smallest absolute Gasteiger partial charge is 0.254 e. The highest BCUT2D eigenvalue weighted by atomic mass is 32.2. The number of hydrogen-bond donors (Lipinski definition) is 1. The molecule has 0 radical (unpaired) electrons. The number of halogens is 1. The quantitative estimate of drug-likeness (QED) is 0.913. The third-order valence-corrected chi connectivity index (χ3v) is 5.31. The van der Waals surface area contributed by atoms with Crippen LogP contribution in [0.5, 0.6) is 0 Å². The Morgan fingerprint density at radius 2 is 2.00 bits per heavy atom. The number of carbonyl (C=O) groups is 1. The molecule has 0 heterocycles. The lowest BCUT2D eigenvalue weighted by Crippen LogP contribution is -2.42. The van der Waals surface area contributed by atoms with E-state index in [2.05, 4.69) is 11.6 Å². The average molecular weight is 281 g/mol. The van der Waals surface area contributed by atoms with Crippen LogP contribution in [0.25, 0.3) is 0 Å². The molecule has 1 aliphatic rings. The topological polar surface area (TPSA) is 29.1 Å². The molecule has 0 bridgehead atoms. The van der Waals surface area contributed by atoms with Crippen molar-refractivity contribution in [3.05, 3.63) is 35.6 Å². The van der Waals surface area contributed by atoms with Crippen LogP contribution in [-0.4, -0.2) is 23.5 Å². The lowest BCUT2D eigenvalue weighted by Gasteiger charge is -2.35. The van der Waals surface area contributed by atoms with Gasteiger partial charge in [-0.2, -0.15) is 11.8 Å². The molecule has 1 fully saturated rings. The summed E-state index contributed by atoms with van der Waals surface area (Å²) in [5.74, 6) is -0.765. The molecule has 0 aliphatic heterocycles. The first-order chi connectivity index (χ1) is 9.17. The monoisotopic (exact) mass is 281 g/mol. The van der Waals surface area contributed by atoms with Crippen LogP contribution in [0.1, 0.15) is 42.5 Å². The molecule has 0 spiro atoms. The van der Waals surface area contributed by atoms with Crippen LogP contribution in [0.3, 0.4) is 0 Å². The van der Waals surface area contributed by atoms with Gasteiger partial charge in [0, 0.05) is 11.3 Å². The number of rotatable bonds is 4. The van der Waals surface area contributed by atoms with Crippen molar-refractivity contribution in [2.24, 2.45) is 0 Å². The largest absolute Gasteiger partial charge is 0.351 e. The molecule has 104 valence electrons. The summed E-state index contributed by atoms with van der Waals surface area (Å²) in [6.07, 6.45) is 8.08. The van der Waals surface area contributed by atoms with Gasteiger partial charge in [0.1, 0.15) is 5.82 Å². The van der Waals surface area contributed by atoms with Crippen LogP contribution in [0, 0.1) is 5.82 Å². The van der Waals surface area contributed by atoms with Crippen molar-refractivity contribution in [2.45, 2.75) is 36.9 Å². The molecule has 1 aromatic rings. The zero-order valence-corrected chi connectivity index (χ0v) is 12.1. The van der Waals surface area contributed by atoms with Crippen molar-refractivity contribution in [2.75, 3.05) is 12.8 Å². The summed E-state index contributed by atoms with van der Waals surface area (Å²) >= 11 is 1.83. The molecule has 0 atom stereocenters. The Morgan fingerprint density at radius 1 is 1.32 bits per heavy atom. The van der Waals surface area contributed by atoms with Gasteiger partial charge in [0.15, 0.2) is 0 Å². The van der Waals surface area contributed by atoms with Crippen LogP contribution >= 0.6 is 11.8 Å². The maximum Gasteiger partial charge on any atom is 0.254 e. The highest BCUT2D eigenvalue weighted by Crippen LogP contribution is 2.37. The van der Waals surface area contributed by atoms with Gasteiger partial charge in [-0.1, -0.05) is 31.4 Å². The molecular weight excluding hydrogens is 261 g/mol. The van der Waals surface area contributed by atoms with E-state index in [0.717, 1.165) is 12.8 Å². The maximum absolute atomic E-state index is 13.5. The van der Waals surface area contributed by atoms with Gasteiger partial charge in [0.05, 0.1) is 5.56 Å². The Bertz CT molecular complexity index is 444. The van der Waals surface area contributed by atoms with E-state index >= 15 is 0 Å². The number of benzene rings is 1. The minimum Gasteiger partial charge on any atom is -0.351 e. The third kappa shape index (κ3) is 3.50. The molecular formula is C15H20FNOS. The van der Waals surface area contributed by atoms with Crippen LogP contribution in [0.4, 0.5) is 4.39 Å². The first-order valence-electron chi connectivity index (χ1n) is 6.75. The fraction of sp³-hybridized carbons (Fsp3) is 0.533. The van der Waals surface area contributed by atoms with E-state index in [1.165, 1.54) is 31.4 Å². The Kier molecular flexibility index (Phi) is 4.86. The predicted molar refractivity (Wildman–Crippen MR) is 78.1 cm³/mol. The first kappa shape index (κ1) is 14.4. The van der Waals surface area contributed by atoms with E-state index < -0.39 is 5.82 Å². The summed E-state index contributed by atoms with van der Waals surface area (Å²) in [6, 6.07) is 6.12. The van der Waals surface area contributed by atoms with Crippen molar-refractivity contribution >= 4 is 17.7 Å². The number of carbonyl (C=O) groups excluding carboxylic acids is 1. The standard InChI is InChI=1S/C15H20FNOS/c1-19-15(9-5-2-6-10-15)11-17-14(18)12-7-3-4-8-13(12)16/h3-4,7-8H,2,5-6,9-11H2,1H3,(H,17,18). The summed E-state index contributed by atoms with van der Waals surface area (Å²) in [5.41, 5.74) is 0.134. The number of hydrogen-bond acceptors (Lipinski definition) is 2. The second-order valence-electron chi connectivity index (χ2n) is 5.11. The number of amides is 1. The van der Waals surface area contributed by atoms with Crippen LogP contribution in [0.15, 0.2) is 24.3 Å². The summed E-state index contributed by atoms with van der Waals surface area (Å²) in [4.78, 5) is 12.0. The van der Waals surface area contributed by atoms with E-state index in [1.807, 2.05) is 11.8 Å². The highest BCUT2D eigenvalue weighted by Gasteiger charge is 2.31. The van der Waals surface area contributed by atoms with Crippen molar-refractivity contribution in [3.8, 4) is 0 Å². The van der Waals surface area contributed by atoms with Gasteiger partial charge < -0.3 is 5.32 Å². The van der Waals surface area contributed by atoms with Crippen LogP contribution < -0.4 is 5.32 Å². The number of nitrogens with one attached hydrogen (secondary N) is 1. The molecule has 2 rings (SSSR count). The predicted octanol–water partition coefficient (Wildman–Crippen LogP) is 3.62. The van der Waals surface area contributed by atoms with Gasteiger partial charge in [0.2, 0.25) is 0 Å². The van der Waals surface area contributed by atoms with E-state index in [0.29, 0.717) is 6.54 Å². The van der Waals surface area contributed by atoms with E-state index in [1.54, 1.807) is 12.1 Å². The van der Waals surface area contributed by atoms with Crippen molar-refractivity contribution in [1.29, 1.82) is 0 Å². The molecule has 0 saturated heterocycles. The Balaban J connectivity index is 1.98. The molecule has 1 N–H and O–H groups in total. The molecule has 19 heavy (non-hydrogen) atoms. The first-order valence-corrected chi connectivity index (χ1v) is 7.97. The second-order valence-corrected chi connectivity index (χ2v) is 6.38. The van der Waals surface area contributed by atoms with Gasteiger partial charge >= 0.3 is 0 Å². The molecule has 4 heteroatoms. The summed E-state index contributed by atoms with van der Waals surface area (Å²) in [5, 5.41) is 2.90. The fourth-order valence-corrected chi connectivity index (χ4v) is 3.54. The van der Waals surface area contributed by atoms with Gasteiger partial charge in [-0.3, -0.25) is 4.79 Å². The highest BCUT2D eigenvalue weighted by molar-refractivity contribution is 8.00. The molecule has 2 nitrogen and oxygen atoms in total. The number of thioether (sulfide) groups is 1. The Labute approximate surface area is 118 Å². The van der Waals surface area contributed by atoms with Gasteiger partial charge in [-0.05, 0) is 31.2 Å². The molecule has 1 aromatic carbocycles. The summed E-state index contributed by atoms with van der Waals surface area (Å²) in [7, 11) is 0. The van der Waals surface area contributed by atoms with Crippen LogP contribution in [-0.2, 0) is 0 Å². The van der Waals surface area contributed by atoms with Crippen molar-refractivity contribution < 1.29 is 9.18 Å². The molecule has 0 aromatic heterocycles. The maximum atomic E-state index is 13.5. The van der Waals surface area contributed by atoms with Crippen LogP contribution in [0.2, 0.25) is 0 Å². The zero-order chi connectivity index (χ0) is 13.7. The van der Waals surface area contributed by atoms with E-state index in [-0.39, 0.29) is 16.2 Å². The SMILES string of the molecule is CSC1(CNC(=O)c2ccccc2F)CCCCC1. The third-order valence-electron chi connectivity index (χ3n) is 3.89.